The minimum absolute atomic E-state index is 0.0298. The summed E-state index contributed by atoms with van der Waals surface area (Å²) in [7, 11) is -3.64. The van der Waals surface area contributed by atoms with E-state index < -0.39 is 16.0 Å². The number of hydrogen-bond donors (Lipinski definition) is 2. The molecule has 0 aromatic carbocycles. The van der Waals surface area contributed by atoms with Crippen LogP contribution in [-0.2, 0) is 21.4 Å². The van der Waals surface area contributed by atoms with E-state index in [9.17, 15) is 13.2 Å². The fraction of sp³-hybridized carbons (Fsp3) is 0.692. The SMILES string of the molecule is CCn1cc(S(=O)(=O)NC2CCC(C(=O)O)CC2)nc1C. The number of hydrogen-bond acceptors (Lipinski definition) is 4. The Balaban J connectivity index is 2.03. The summed E-state index contributed by atoms with van der Waals surface area (Å²) in [5.74, 6) is -0.492. The molecule has 8 heteroatoms. The maximum atomic E-state index is 12.3. The number of rotatable bonds is 5. The van der Waals surface area contributed by atoms with Gasteiger partial charge in [0.1, 0.15) is 5.82 Å². The van der Waals surface area contributed by atoms with E-state index in [4.69, 9.17) is 5.11 Å². The molecule has 21 heavy (non-hydrogen) atoms. The first-order chi connectivity index (χ1) is 9.83. The molecule has 118 valence electrons. The summed E-state index contributed by atoms with van der Waals surface area (Å²) in [6.45, 7) is 4.35. The highest BCUT2D eigenvalue weighted by atomic mass is 32.2. The molecular formula is C13H21N3O4S. The Labute approximate surface area is 124 Å². The van der Waals surface area contributed by atoms with Crippen molar-refractivity contribution in [2.75, 3.05) is 0 Å². The second kappa shape index (κ2) is 6.15. The first-order valence-electron chi connectivity index (χ1n) is 7.12. The third-order valence-electron chi connectivity index (χ3n) is 3.97. The van der Waals surface area contributed by atoms with Gasteiger partial charge in [-0.1, -0.05) is 0 Å². The second-order valence-corrected chi connectivity index (χ2v) is 7.08. The molecule has 1 fully saturated rings. The molecule has 0 saturated heterocycles. The van der Waals surface area contributed by atoms with E-state index in [1.54, 1.807) is 11.5 Å². The average Bonchev–Trinajstić information content (AvgIpc) is 2.81. The van der Waals surface area contributed by atoms with E-state index in [0.717, 1.165) is 0 Å². The van der Waals surface area contributed by atoms with E-state index >= 15 is 0 Å². The lowest BCUT2D eigenvalue weighted by molar-refractivity contribution is -0.142. The van der Waals surface area contributed by atoms with Crippen LogP contribution in [0, 0.1) is 12.8 Å². The summed E-state index contributed by atoms with van der Waals surface area (Å²) in [6.07, 6.45) is 3.63. The summed E-state index contributed by atoms with van der Waals surface area (Å²) in [5, 5.41) is 8.97. The van der Waals surface area contributed by atoms with Crippen molar-refractivity contribution in [2.24, 2.45) is 5.92 Å². The molecule has 0 amide bonds. The topological polar surface area (TPSA) is 101 Å². The number of sulfonamides is 1. The van der Waals surface area contributed by atoms with E-state index in [2.05, 4.69) is 9.71 Å². The fourth-order valence-electron chi connectivity index (χ4n) is 2.67. The zero-order valence-electron chi connectivity index (χ0n) is 12.2. The minimum Gasteiger partial charge on any atom is -0.481 e. The Hall–Kier alpha value is -1.41. The Morgan fingerprint density at radius 1 is 1.43 bits per heavy atom. The van der Waals surface area contributed by atoms with Gasteiger partial charge in [-0.15, -0.1) is 0 Å². The molecule has 2 rings (SSSR count). The number of imidazole rings is 1. The molecule has 0 radical (unpaired) electrons. The largest absolute Gasteiger partial charge is 0.481 e. The van der Waals surface area contributed by atoms with Gasteiger partial charge >= 0.3 is 5.97 Å². The van der Waals surface area contributed by atoms with Crippen molar-refractivity contribution in [3.63, 3.8) is 0 Å². The lowest BCUT2D eigenvalue weighted by atomic mass is 9.87. The van der Waals surface area contributed by atoms with E-state index in [1.807, 2.05) is 6.92 Å². The highest BCUT2D eigenvalue weighted by Gasteiger charge is 2.29. The standard InChI is InChI=1S/C13H21N3O4S/c1-3-16-8-12(14-9(16)2)21(19,20)15-11-6-4-10(5-7-11)13(17)18/h8,10-11,15H,3-7H2,1-2H3,(H,17,18). The lowest BCUT2D eigenvalue weighted by Gasteiger charge is -2.26. The highest BCUT2D eigenvalue weighted by molar-refractivity contribution is 7.89. The van der Waals surface area contributed by atoms with Gasteiger partial charge in [-0.2, -0.15) is 0 Å². The Morgan fingerprint density at radius 3 is 2.52 bits per heavy atom. The number of nitrogens with zero attached hydrogens (tertiary/aromatic N) is 2. The predicted molar refractivity (Wildman–Crippen MR) is 76.3 cm³/mol. The number of carboxylic acids is 1. The van der Waals surface area contributed by atoms with Crippen molar-refractivity contribution < 1.29 is 18.3 Å². The van der Waals surface area contributed by atoms with E-state index in [1.165, 1.54) is 6.20 Å². The van der Waals surface area contributed by atoms with Gasteiger partial charge in [-0.05, 0) is 39.5 Å². The maximum Gasteiger partial charge on any atom is 0.306 e. The van der Waals surface area contributed by atoms with Crippen LogP contribution in [0.5, 0.6) is 0 Å². The predicted octanol–water partition coefficient (Wildman–Crippen LogP) is 1.13. The molecule has 1 saturated carbocycles. The van der Waals surface area contributed by atoms with Crippen molar-refractivity contribution in [3.05, 3.63) is 12.0 Å². The molecule has 0 bridgehead atoms. The third-order valence-corrected chi connectivity index (χ3v) is 5.36. The molecule has 1 heterocycles. The summed E-state index contributed by atoms with van der Waals surface area (Å²) >= 11 is 0. The second-order valence-electron chi connectivity index (χ2n) is 5.42. The summed E-state index contributed by atoms with van der Waals surface area (Å²) in [6, 6.07) is -0.210. The quantitative estimate of drug-likeness (QED) is 0.848. The molecule has 2 N–H and O–H groups in total. The normalized spacial score (nSPS) is 23.1. The fourth-order valence-corrected chi connectivity index (χ4v) is 3.98. The number of aromatic nitrogens is 2. The molecule has 0 aliphatic heterocycles. The van der Waals surface area contributed by atoms with Crippen LogP contribution in [-0.4, -0.2) is 35.1 Å². The van der Waals surface area contributed by atoms with Gasteiger partial charge < -0.3 is 9.67 Å². The number of nitrogens with one attached hydrogen (secondary N) is 1. The van der Waals surface area contributed by atoms with Crippen molar-refractivity contribution in [2.45, 2.75) is 57.1 Å². The van der Waals surface area contributed by atoms with Gasteiger partial charge in [-0.25, -0.2) is 18.1 Å². The lowest BCUT2D eigenvalue weighted by Crippen LogP contribution is -2.38. The zero-order chi connectivity index (χ0) is 15.6. The maximum absolute atomic E-state index is 12.3. The zero-order valence-corrected chi connectivity index (χ0v) is 13.1. The van der Waals surface area contributed by atoms with Crippen molar-refractivity contribution in [1.82, 2.24) is 14.3 Å². The van der Waals surface area contributed by atoms with Crippen molar-refractivity contribution >= 4 is 16.0 Å². The molecular weight excluding hydrogens is 294 g/mol. The van der Waals surface area contributed by atoms with Crippen LogP contribution in [0.2, 0.25) is 0 Å². The Morgan fingerprint density at radius 2 is 2.05 bits per heavy atom. The van der Waals surface area contributed by atoms with E-state index in [0.29, 0.717) is 38.1 Å². The number of carbonyl (C=O) groups is 1. The molecule has 1 aliphatic rings. The van der Waals surface area contributed by atoms with E-state index in [-0.39, 0.29) is 17.0 Å². The van der Waals surface area contributed by atoms with Crippen LogP contribution in [0.15, 0.2) is 11.2 Å². The van der Waals surface area contributed by atoms with Crippen LogP contribution in [0.25, 0.3) is 0 Å². The molecule has 0 spiro atoms. The van der Waals surface area contributed by atoms with Crippen molar-refractivity contribution in [1.29, 1.82) is 0 Å². The Bertz CT molecular complexity index is 615. The molecule has 0 unspecified atom stereocenters. The van der Waals surface area contributed by atoms with Crippen LogP contribution in [0.4, 0.5) is 0 Å². The van der Waals surface area contributed by atoms with Gasteiger partial charge in [-0.3, -0.25) is 4.79 Å². The van der Waals surface area contributed by atoms with Gasteiger partial charge in [0, 0.05) is 18.8 Å². The molecule has 0 atom stereocenters. The first-order valence-corrected chi connectivity index (χ1v) is 8.60. The Kier molecular flexibility index (Phi) is 4.67. The van der Waals surface area contributed by atoms with Crippen LogP contribution in [0.1, 0.15) is 38.4 Å². The van der Waals surface area contributed by atoms with Gasteiger partial charge in [0.2, 0.25) is 0 Å². The van der Waals surface area contributed by atoms with Gasteiger partial charge in [0.25, 0.3) is 10.0 Å². The highest BCUT2D eigenvalue weighted by Crippen LogP contribution is 2.25. The first kappa shape index (κ1) is 16.0. The molecule has 1 aromatic heterocycles. The number of aliphatic carboxylic acids is 1. The number of aryl methyl sites for hydroxylation is 2. The summed E-state index contributed by atoms with van der Waals surface area (Å²) in [5.41, 5.74) is 0. The summed E-state index contributed by atoms with van der Waals surface area (Å²) in [4.78, 5) is 15.0. The van der Waals surface area contributed by atoms with Gasteiger partial charge in [0.05, 0.1) is 5.92 Å². The third kappa shape index (κ3) is 3.62. The van der Waals surface area contributed by atoms with Crippen LogP contribution < -0.4 is 4.72 Å². The van der Waals surface area contributed by atoms with Crippen molar-refractivity contribution in [3.8, 4) is 0 Å². The average molecular weight is 315 g/mol. The molecule has 1 aliphatic carbocycles. The monoisotopic (exact) mass is 315 g/mol. The minimum atomic E-state index is -3.64. The van der Waals surface area contributed by atoms with Crippen LogP contribution >= 0.6 is 0 Å². The molecule has 1 aromatic rings. The molecule has 7 nitrogen and oxygen atoms in total. The smallest absolute Gasteiger partial charge is 0.306 e. The summed E-state index contributed by atoms with van der Waals surface area (Å²) < 4.78 is 29.0. The number of carboxylic acid groups (broad SMARTS) is 1. The van der Waals surface area contributed by atoms with Gasteiger partial charge in [0.15, 0.2) is 5.03 Å². The van der Waals surface area contributed by atoms with Crippen LogP contribution in [0.3, 0.4) is 0 Å².